The third kappa shape index (κ3) is 3.93. The minimum Gasteiger partial charge on any atom is -0.494 e. The van der Waals surface area contributed by atoms with Gasteiger partial charge in [0.1, 0.15) is 11.5 Å². The van der Waals surface area contributed by atoms with Crippen LogP contribution in [0.1, 0.15) is 20.3 Å². The number of carbonyl (C=O) groups is 1. The molecule has 3 heteroatoms. The van der Waals surface area contributed by atoms with Crippen LogP contribution in [-0.2, 0) is 4.79 Å². The van der Waals surface area contributed by atoms with Crippen LogP contribution in [0.4, 0.5) is 5.69 Å². The van der Waals surface area contributed by atoms with E-state index in [0.29, 0.717) is 13.0 Å². The number of hydrogen-bond acceptors (Lipinski definition) is 3. The van der Waals surface area contributed by atoms with Gasteiger partial charge in [0.15, 0.2) is 0 Å². The first-order valence-corrected chi connectivity index (χ1v) is 5.57. The Balaban J connectivity index is 2.55. The summed E-state index contributed by atoms with van der Waals surface area (Å²) in [6.07, 6.45) is 0.587. The van der Waals surface area contributed by atoms with E-state index >= 15 is 0 Å². The molecule has 0 unspecified atom stereocenters. The van der Waals surface area contributed by atoms with Gasteiger partial charge in [-0.15, -0.1) is 0 Å². The fraction of sp³-hybridized carbons (Fsp3) is 0.462. The van der Waals surface area contributed by atoms with Gasteiger partial charge in [0.05, 0.1) is 6.61 Å². The highest BCUT2D eigenvalue weighted by Crippen LogP contribution is 2.18. The van der Waals surface area contributed by atoms with Crippen molar-refractivity contribution in [2.75, 3.05) is 25.1 Å². The maximum Gasteiger partial charge on any atom is 0.131 e. The van der Waals surface area contributed by atoms with Crippen molar-refractivity contribution < 1.29 is 9.53 Å². The third-order valence-corrected chi connectivity index (χ3v) is 2.39. The topological polar surface area (TPSA) is 29.5 Å². The molecule has 0 fully saturated rings. The largest absolute Gasteiger partial charge is 0.494 e. The maximum atomic E-state index is 10.9. The zero-order chi connectivity index (χ0) is 12.0. The summed E-state index contributed by atoms with van der Waals surface area (Å²) in [4.78, 5) is 12.9. The number of carbonyl (C=O) groups excluding carboxylic acids is 1. The molecule has 3 nitrogen and oxygen atoms in total. The third-order valence-electron chi connectivity index (χ3n) is 2.39. The predicted molar refractivity (Wildman–Crippen MR) is 66.2 cm³/mol. The van der Waals surface area contributed by atoms with Crippen LogP contribution in [0.2, 0.25) is 0 Å². The van der Waals surface area contributed by atoms with Gasteiger partial charge in [-0.2, -0.15) is 0 Å². The monoisotopic (exact) mass is 221 g/mol. The predicted octanol–water partition coefficient (Wildman–Crippen LogP) is 2.50. The Morgan fingerprint density at radius 1 is 1.31 bits per heavy atom. The minimum absolute atomic E-state index is 0.220. The molecule has 0 aliphatic carbocycles. The summed E-state index contributed by atoms with van der Waals surface area (Å²) < 4.78 is 5.37. The lowest BCUT2D eigenvalue weighted by atomic mass is 10.2. The summed E-state index contributed by atoms with van der Waals surface area (Å²) in [5.41, 5.74) is 1.10. The second-order valence-electron chi connectivity index (χ2n) is 3.80. The van der Waals surface area contributed by atoms with Gasteiger partial charge in [0.2, 0.25) is 0 Å². The number of nitrogens with zero attached hydrogens (tertiary/aromatic N) is 1. The number of hydrogen-bond donors (Lipinski definition) is 0. The molecule has 0 aliphatic rings. The average molecular weight is 221 g/mol. The van der Waals surface area contributed by atoms with Gasteiger partial charge in [-0.05, 0) is 38.1 Å². The first kappa shape index (κ1) is 12.6. The second-order valence-corrected chi connectivity index (χ2v) is 3.80. The second kappa shape index (κ2) is 6.16. The molecule has 1 rings (SSSR count). The van der Waals surface area contributed by atoms with Gasteiger partial charge in [-0.25, -0.2) is 0 Å². The summed E-state index contributed by atoms with van der Waals surface area (Å²) in [5.74, 6) is 1.10. The van der Waals surface area contributed by atoms with Crippen molar-refractivity contribution in [1.82, 2.24) is 0 Å². The zero-order valence-corrected chi connectivity index (χ0v) is 10.2. The molecule has 1 aromatic rings. The molecule has 0 bridgehead atoms. The summed E-state index contributed by atoms with van der Waals surface area (Å²) >= 11 is 0. The Kier molecular flexibility index (Phi) is 4.83. The molecule has 1 aromatic carbocycles. The normalized spacial score (nSPS) is 9.94. The SMILES string of the molecule is CCOc1ccc(N(C)CCC(C)=O)cc1. The molecule has 0 saturated carbocycles. The molecule has 0 aliphatic heterocycles. The molecule has 88 valence electrons. The quantitative estimate of drug-likeness (QED) is 0.739. The van der Waals surface area contributed by atoms with Crippen molar-refractivity contribution in [2.45, 2.75) is 20.3 Å². The van der Waals surface area contributed by atoms with Crippen LogP contribution in [0.15, 0.2) is 24.3 Å². The molecule has 0 spiro atoms. The highest BCUT2D eigenvalue weighted by Gasteiger charge is 2.02. The van der Waals surface area contributed by atoms with E-state index in [1.165, 1.54) is 0 Å². The van der Waals surface area contributed by atoms with E-state index in [1.807, 2.05) is 38.2 Å². The Morgan fingerprint density at radius 3 is 2.44 bits per heavy atom. The van der Waals surface area contributed by atoms with E-state index in [4.69, 9.17) is 4.74 Å². The van der Waals surface area contributed by atoms with Crippen molar-refractivity contribution >= 4 is 11.5 Å². The van der Waals surface area contributed by atoms with E-state index < -0.39 is 0 Å². The van der Waals surface area contributed by atoms with E-state index in [-0.39, 0.29) is 5.78 Å². The van der Waals surface area contributed by atoms with E-state index in [0.717, 1.165) is 18.0 Å². The molecule has 0 atom stereocenters. The number of ketones is 1. The molecule has 0 saturated heterocycles. The van der Waals surface area contributed by atoms with Crippen LogP contribution in [-0.4, -0.2) is 26.0 Å². The summed E-state index contributed by atoms with van der Waals surface area (Å²) in [6, 6.07) is 7.91. The van der Waals surface area contributed by atoms with Crippen LogP contribution >= 0.6 is 0 Å². The Bertz CT molecular complexity index is 332. The van der Waals surface area contributed by atoms with Gasteiger partial charge in [-0.1, -0.05) is 0 Å². The molecule has 0 amide bonds. The fourth-order valence-corrected chi connectivity index (χ4v) is 1.42. The molecule has 0 heterocycles. The van der Waals surface area contributed by atoms with Crippen molar-refractivity contribution in [3.63, 3.8) is 0 Å². The van der Waals surface area contributed by atoms with Crippen molar-refractivity contribution in [3.8, 4) is 5.75 Å². The van der Waals surface area contributed by atoms with E-state index in [9.17, 15) is 4.79 Å². The first-order valence-electron chi connectivity index (χ1n) is 5.57. The van der Waals surface area contributed by atoms with E-state index in [2.05, 4.69) is 4.90 Å². The average Bonchev–Trinajstić information content (AvgIpc) is 2.27. The van der Waals surface area contributed by atoms with Crippen LogP contribution in [0.5, 0.6) is 5.75 Å². The Labute approximate surface area is 97.0 Å². The minimum atomic E-state index is 0.220. The summed E-state index contributed by atoms with van der Waals surface area (Å²) in [5, 5.41) is 0. The number of anilines is 1. The standard InChI is InChI=1S/C13H19NO2/c1-4-16-13-7-5-12(6-8-13)14(3)10-9-11(2)15/h5-8H,4,9-10H2,1-3H3. The van der Waals surface area contributed by atoms with Crippen LogP contribution in [0, 0.1) is 0 Å². The van der Waals surface area contributed by atoms with Gasteiger partial charge in [-0.3, -0.25) is 4.79 Å². The van der Waals surface area contributed by atoms with Gasteiger partial charge in [0, 0.05) is 25.7 Å². The van der Waals surface area contributed by atoms with Crippen LogP contribution in [0.25, 0.3) is 0 Å². The molecular weight excluding hydrogens is 202 g/mol. The number of benzene rings is 1. The van der Waals surface area contributed by atoms with E-state index in [1.54, 1.807) is 6.92 Å². The maximum absolute atomic E-state index is 10.9. The van der Waals surface area contributed by atoms with Crippen LogP contribution < -0.4 is 9.64 Å². The fourth-order valence-electron chi connectivity index (χ4n) is 1.42. The molecule has 0 N–H and O–H groups in total. The number of rotatable bonds is 6. The lowest BCUT2D eigenvalue weighted by Crippen LogP contribution is -2.20. The molecule has 16 heavy (non-hydrogen) atoms. The lowest BCUT2D eigenvalue weighted by molar-refractivity contribution is -0.116. The molecule has 0 radical (unpaired) electrons. The molecular formula is C13H19NO2. The van der Waals surface area contributed by atoms with Crippen molar-refractivity contribution in [3.05, 3.63) is 24.3 Å². The zero-order valence-electron chi connectivity index (χ0n) is 10.2. The van der Waals surface area contributed by atoms with Crippen molar-refractivity contribution in [1.29, 1.82) is 0 Å². The summed E-state index contributed by atoms with van der Waals surface area (Å²) in [6.45, 7) is 5.02. The van der Waals surface area contributed by atoms with Gasteiger partial charge < -0.3 is 9.64 Å². The Hall–Kier alpha value is -1.51. The lowest BCUT2D eigenvalue weighted by Gasteiger charge is -2.18. The Morgan fingerprint density at radius 2 is 1.94 bits per heavy atom. The van der Waals surface area contributed by atoms with Crippen molar-refractivity contribution in [2.24, 2.45) is 0 Å². The molecule has 0 aromatic heterocycles. The van der Waals surface area contributed by atoms with Crippen LogP contribution in [0.3, 0.4) is 0 Å². The first-order chi connectivity index (χ1) is 7.63. The smallest absolute Gasteiger partial charge is 0.131 e. The van der Waals surface area contributed by atoms with Gasteiger partial charge in [0.25, 0.3) is 0 Å². The summed E-state index contributed by atoms with van der Waals surface area (Å²) in [7, 11) is 1.98. The number of ether oxygens (including phenoxy) is 1. The highest BCUT2D eigenvalue weighted by molar-refractivity contribution is 5.76. The van der Waals surface area contributed by atoms with Gasteiger partial charge >= 0.3 is 0 Å². The highest BCUT2D eigenvalue weighted by atomic mass is 16.5. The number of Topliss-reactive ketones (excluding diaryl/α,β-unsaturated/α-hetero) is 1.